The fourth-order valence-corrected chi connectivity index (χ4v) is 2.21. The molecule has 0 saturated heterocycles. The first-order valence-corrected chi connectivity index (χ1v) is 6.07. The third-order valence-electron chi connectivity index (χ3n) is 3.48. The van der Waals surface area contributed by atoms with Gasteiger partial charge in [-0.25, -0.2) is 0 Å². The van der Waals surface area contributed by atoms with Crippen LogP contribution in [0.2, 0.25) is 0 Å². The van der Waals surface area contributed by atoms with Gasteiger partial charge in [0, 0.05) is 6.04 Å². The van der Waals surface area contributed by atoms with Gasteiger partial charge in [-0.3, -0.25) is 10.1 Å². The average molecular weight is 222 g/mol. The molecule has 16 heavy (non-hydrogen) atoms. The Morgan fingerprint density at radius 3 is 2.75 bits per heavy atom. The van der Waals surface area contributed by atoms with Gasteiger partial charge in [0.05, 0.1) is 13.1 Å². The molecule has 1 aliphatic rings. The summed E-state index contributed by atoms with van der Waals surface area (Å²) >= 11 is 0. The lowest BCUT2D eigenvalue weighted by Gasteiger charge is -2.32. The molecule has 2 N–H and O–H groups in total. The van der Waals surface area contributed by atoms with E-state index in [9.17, 15) is 4.79 Å². The lowest BCUT2D eigenvalue weighted by Crippen LogP contribution is -2.43. The Kier molecular flexibility index (Phi) is 5.34. The second-order valence-electron chi connectivity index (χ2n) is 4.84. The Hall–Kier alpha value is -1.01. The number of amides is 1. The molecule has 0 aromatic heterocycles. The van der Waals surface area contributed by atoms with Crippen LogP contribution in [-0.4, -0.2) is 25.0 Å². The van der Waals surface area contributed by atoms with Gasteiger partial charge in [-0.1, -0.05) is 19.8 Å². The number of rotatable bonds is 4. The van der Waals surface area contributed by atoms with Gasteiger partial charge in [0.15, 0.2) is 0 Å². The molecule has 1 fully saturated rings. The molecule has 0 heterocycles. The molecule has 1 aliphatic carbocycles. The number of carbonyl (C=O) groups is 1. The quantitative estimate of drug-likeness (QED) is 0.553. The first kappa shape index (κ1) is 13.1. The first-order valence-electron chi connectivity index (χ1n) is 6.07. The number of hydrogen-bond donors (Lipinski definition) is 2. The fourth-order valence-electron chi connectivity index (χ4n) is 2.21. The van der Waals surface area contributed by atoms with Crippen LogP contribution in [0.3, 0.4) is 0 Å². The summed E-state index contributed by atoms with van der Waals surface area (Å²) in [6.45, 7) is 5.33. The molecule has 3 atom stereocenters. The van der Waals surface area contributed by atoms with Gasteiger partial charge in [0.1, 0.15) is 0 Å². The molecular formula is C13H22N2O. The minimum Gasteiger partial charge on any atom is -0.352 e. The van der Waals surface area contributed by atoms with Crippen molar-refractivity contribution < 1.29 is 4.79 Å². The van der Waals surface area contributed by atoms with E-state index in [0.29, 0.717) is 25.0 Å². The second kappa shape index (κ2) is 6.55. The van der Waals surface area contributed by atoms with Crippen LogP contribution in [0.4, 0.5) is 0 Å². The maximum atomic E-state index is 11.5. The minimum atomic E-state index is 0.0574. The van der Waals surface area contributed by atoms with Crippen LogP contribution >= 0.6 is 0 Å². The SMILES string of the molecule is C#CCNCC(=O)NC1CCC(C)C(C)C1. The largest absolute Gasteiger partial charge is 0.352 e. The fraction of sp³-hybridized carbons (Fsp3) is 0.769. The van der Waals surface area contributed by atoms with Gasteiger partial charge in [0.2, 0.25) is 5.91 Å². The molecule has 0 bridgehead atoms. The molecule has 3 unspecified atom stereocenters. The Balaban J connectivity index is 2.22. The van der Waals surface area contributed by atoms with E-state index in [4.69, 9.17) is 6.42 Å². The molecule has 3 heteroatoms. The van der Waals surface area contributed by atoms with Crippen LogP contribution in [0.25, 0.3) is 0 Å². The number of terminal acetylenes is 1. The number of carbonyl (C=O) groups excluding carboxylic acids is 1. The zero-order chi connectivity index (χ0) is 12.0. The second-order valence-corrected chi connectivity index (χ2v) is 4.84. The standard InChI is InChI=1S/C13H22N2O/c1-4-7-14-9-13(16)15-12-6-5-10(2)11(3)8-12/h1,10-12,14H,5-9H2,2-3H3,(H,15,16). The van der Waals surface area contributed by atoms with Gasteiger partial charge < -0.3 is 5.32 Å². The summed E-state index contributed by atoms with van der Waals surface area (Å²) in [6.07, 6.45) is 8.50. The van der Waals surface area contributed by atoms with Crippen molar-refractivity contribution in [1.82, 2.24) is 10.6 Å². The Morgan fingerprint density at radius 2 is 2.12 bits per heavy atom. The summed E-state index contributed by atoms with van der Waals surface area (Å²) in [5.74, 6) is 4.00. The van der Waals surface area contributed by atoms with E-state index in [-0.39, 0.29) is 5.91 Å². The van der Waals surface area contributed by atoms with Crippen LogP contribution < -0.4 is 10.6 Å². The van der Waals surface area contributed by atoms with Crippen molar-refractivity contribution in [3.05, 3.63) is 0 Å². The Bertz CT molecular complexity index is 270. The van der Waals surface area contributed by atoms with Crippen LogP contribution in [0.15, 0.2) is 0 Å². The minimum absolute atomic E-state index is 0.0574. The topological polar surface area (TPSA) is 41.1 Å². The molecule has 0 aromatic rings. The van der Waals surface area contributed by atoms with Crippen LogP contribution in [0.1, 0.15) is 33.1 Å². The van der Waals surface area contributed by atoms with E-state index in [0.717, 1.165) is 18.8 Å². The first-order chi connectivity index (χ1) is 7.63. The summed E-state index contributed by atoms with van der Waals surface area (Å²) in [7, 11) is 0. The summed E-state index contributed by atoms with van der Waals surface area (Å²) in [6, 6.07) is 0.353. The summed E-state index contributed by atoms with van der Waals surface area (Å²) in [5, 5.41) is 5.95. The maximum absolute atomic E-state index is 11.5. The zero-order valence-corrected chi connectivity index (χ0v) is 10.3. The van der Waals surface area contributed by atoms with Crippen molar-refractivity contribution in [2.24, 2.45) is 11.8 Å². The van der Waals surface area contributed by atoms with Crippen molar-refractivity contribution in [1.29, 1.82) is 0 Å². The molecule has 0 aliphatic heterocycles. The highest BCUT2D eigenvalue weighted by Gasteiger charge is 2.25. The third-order valence-corrected chi connectivity index (χ3v) is 3.48. The lowest BCUT2D eigenvalue weighted by atomic mass is 9.79. The van der Waals surface area contributed by atoms with Crippen molar-refractivity contribution in [2.75, 3.05) is 13.1 Å². The number of hydrogen-bond acceptors (Lipinski definition) is 2. The van der Waals surface area contributed by atoms with Crippen molar-refractivity contribution in [3.63, 3.8) is 0 Å². The summed E-state index contributed by atoms with van der Waals surface area (Å²) < 4.78 is 0. The summed E-state index contributed by atoms with van der Waals surface area (Å²) in [5.41, 5.74) is 0. The number of nitrogens with one attached hydrogen (secondary N) is 2. The molecule has 0 radical (unpaired) electrons. The van der Waals surface area contributed by atoms with Crippen LogP contribution in [0.5, 0.6) is 0 Å². The van der Waals surface area contributed by atoms with Crippen molar-refractivity contribution in [3.8, 4) is 12.3 Å². The van der Waals surface area contributed by atoms with Crippen LogP contribution in [-0.2, 0) is 4.79 Å². The highest BCUT2D eigenvalue weighted by Crippen LogP contribution is 2.29. The highest BCUT2D eigenvalue weighted by molar-refractivity contribution is 5.78. The summed E-state index contributed by atoms with van der Waals surface area (Å²) in [4.78, 5) is 11.5. The van der Waals surface area contributed by atoms with E-state index in [1.165, 1.54) is 6.42 Å². The predicted octanol–water partition coefficient (Wildman–Crippen LogP) is 1.15. The Morgan fingerprint density at radius 1 is 1.38 bits per heavy atom. The predicted molar refractivity (Wildman–Crippen MR) is 65.8 cm³/mol. The molecular weight excluding hydrogens is 200 g/mol. The van der Waals surface area contributed by atoms with Crippen molar-refractivity contribution >= 4 is 5.91 Å². The van der Waals surface area contributed by atoms with Gasteiger partial charge in [-0.2, -0.15) is 0 Å². The van der Waals surface area contributed by atoms with E-state index < -0.39 is 0 Å². The zero-order valence-electron chi connectivity index (χ0n) is 10.3. The molecule has 90 valence electrons. The molecule has 0 aromatic carbocycles. The van der Waals surface area contributed by atoms with Gasteiger partial charge in [-0.05, 0) is 31.1 Å². The molecule has 3 nitrogen and oxygen atoms in total. The highest BCUT2D eigenvalue weighted by atomic mass is 16.1. The normalized spacial score (nSPS) is 29.4. The molecule has 1 amide bonds. The lowest BCUT2D eigenvalue weighted by molar-refractivity contribution is -0.121. The van der Waals surface area contributed by atoms with Gasteiger partial charge in [-0.15, -0.1) is 6.42 Å². The molecule has 1 saturated carbocycles. The molecule has 0 spiro atoms. The van der Waals surface area contributed by atoms with E-state index in [1.54, 1.807) is 0 Å². The third kappa shape index (κ3) is 4.24. The van der Waals surface area contributed by atoms with Gasteiger partial charge >= 0.3 is 0 Å². The van der Waals surface area contributed by atoms with Crippen LogP contribution in [0, 0.1) is 24.2 Å². The van der Waals surface area contributed by atoms with Crippen molar-refractivity contribution in [2.45, 2.75) is 39.2 Å². The van der Waals surface area contributed by atoms with E-state index in [1.807, 2.05) is 0 Å². The van der Waals surface area contributed by atoms with E-state index in [2.05, 4.69) is 30.4 Å². The smallest absolute Gasteiger partial charge is 0.234 e. The maximum Gasteiger partial charge on any atom is 0.234 e. The Labute approximate surface area is 98.4 Å². The average Bonchev–Trinajstić information content (AvgIpc) is 2.24. The van der Waals surface area contributed by atoms with Gasteiger partial charge in [0.25, 0.3) is 0 Å². The molecule has 1 rings (SSSR count). The monoisotopic (exact) mass is 222 g/mol. The van der Waals surface area contributed by atoms with E-state index >= 15 is 0 Å².